The molecule has 0 bridgehead atoms. The van der Waals surface area contributed by atoms with Crippen molar-refractivity contribution < 1.29 is 20.5 Å². The molecule has 1 N–H and O–H groups in total. The largest absolute Gasteiger partial charge is 0.493 e. The van der Waals surface area contributed by atoms with E-state index in [0.29, 0.717) is 35.3 Å². The summed E-state index contributed by atoms with van der Waals surface area (Å²) in [6.45, 7) is 0.128. The summed E-state index contributed by atoms with van der Waals surface area (Å²) in [6.07, 6.45) is 6.64. The predicted octanol–water partition coefficient (Wildman–Crippen LogP) is 3.46. The Hall–Kier alpha value is -4.28. The molecule has 32 heavy (non-hydrogen) atoms. The van der Waals surface area contributed by atoms with Gasteiger partial charge in [-0.3, -0.25) is 4.79 Å². The number of nitrogens with zero attached hydrogens (tertiary/aromatic N) is 2. The van der Waals surface area contributed by atoms with Crippen molar-refractivity contribution in [1.82, 2.24) is 5.32 Å². The van der Waals surface area contributed by atoms with Crippen LogP contribution in [0.2, 0.25) is 0 Å². The van der Waals surface area contributed by atoms with E-state index in [4.69, 9.17) is 21.2 Å². The van der Waals surface area contributed by atoms with Crippen LogP contribution in [0.3, 0.4) is 0 Å². The van der Waals surface area contributed by atoms with Crippen molar-refractivity contribution in [2.75, 3.05) is 13.7 Å². The van der Waals surface area contributed by atoms with Gasteiger partial charge in [0.25, 0.3) is 0 Å². The molecule has 2 atom stereocenters. The molecule has 7 nitrogen and oxygen atoms in total. The summed E-state index contributed by atoms with van der Waals surface area (Å²) in [5.41, 5.74) is 2.17. The van der Waals surface area contributed by atoms with Crippen molar-refractivity contribution in [2.45, 2.75) is 31.2 Å². The van der Waals surface area contributed by atoms with Gasteiger partial charge in [-0.1, -0.05) is 36.3 Å². The smallest absolute Gasteiger partial charge is 0.221 e. The van der Waals surface area contributed by atoms with Crippen molar-refractivity contribution >= 4 is 12.2 Å². The molecule has 0 radical (unpaired) electrons. The first-order valence-electron chi connectivity index (χ1n) is 9.91. The molecule has 0 aromatic heterocycles. The van der Waals surface area contributed by atoms with Crippen LogP contribution in [-0.4, -0.2) is 25.9 Å². The van der Waals surface area contributed by atoms with E-state index < -0.39 is 12.0 Å². The number of hydrogen-bond donors (Lipinski definition) is 1. The molecule has 0 heterocycles. The molecule has 2 rings (SSSR count). The number of carbonyl (C=O) groups is 2. The number of rotatable bonds is 11. The van der Waals surface area contributed by atoms with Gasteiger partial charge in [0.05, 0.1) is 25.2 Å². The van der Waals surface area contributed by atoms with E-state index in [2.05, 4.69) is 23.4 Å². The number of benzene rings is 2. The summed E-state index contributed by atoms with van der Waals surface area (Å²) >= 11 is 0. The Morgan fingerprint density at radius 3 is 2.47 bits per heavy atom. The Kier molecular flexibility index (Phi) is 9.31. The van der Waals surface area contributed by atoms with Gasteiger partial charge in [-0.05, 0) is 35.2 Å². The highest BCUT2D eigenvalue weighted by Crippen LogP contribution is 2.28. The lowest BCUT2D eigenvalue weighted by atomic mass is 9.95. The van der Waals surface area contributed by atoms with Gasteiger partial charge in [-0.25, -0.2) is 0 Å². The minimum atomic E-state index is -0.822. The van der Waals surface area contributed by atoms with Crippen LogP contribution in [0.1, 0.15) is 42.9 Å². The number of terminal acetylenes is 1. The second kappa shape index (κ2) is 12.4. The first-order valence-corrected chi connectivity index (χ1v) is 9.91. The monoisotopic (exact) mass is 431 g/mol. The summed E-state index contributed by atoms with van der Waals surface area (Å²) in [7, 11) is 1.52. The zero-order valence-corrected chi connectivity index (χ0v) is 17.7. The molecule has 0 fully saturated rings. The minimum absolute atomic E-state index is 0. The minimum Gasteiger partial charge on any atom is -0.493 e. The zero-order valence-electron chi connectivity index (χ0n) is 17.7. The molecule has 1 amide bonds. The molecule has 2 aromatic carbocycles. The average molecular weight is 431 g/mol. The fourth-order valence-electron chi connectivity index (χ4n) is 3.07. The number of nitriles is 2. The van der Waals surface area contributed by atoms with Gasteiger partial charge < -0.3 is 19.6 Å². The molecule has 0 aliphatic heterocycles. The third-order valence-electron chi connectivity index (χ3n) is 4.77. The maximum absolute atomic E-state index is 12.4. The molecule has 0 spiro atoms. The highest BCUT2D eigenvalue weighted by atomic mass is 16.5. The fraction of sp³-hybridized carbons (Fsp3) is 0.280. The standard InChI is InChI=1S/C25H23N3O4.H2/c1-3-14-32-23-10-4-18(15-24(23)31-2)5-11-25(30)28-22(17-27)20-8-6-19(7-9-20)21(16-26)12-13-29;/h1,4,6-10,13,15,21-22H,5,11-12,14H2,2H3,(H,28,30);1H. The normalized spacial score (nSPS) is 11.7. The van der Waals surface area contributed by atoms with Crippen LogP contribution in [0, 0.1) is 35.0 Å². The first-order chi connectivity index (χ1) is 15.6. The number of aldehydes is 1. The van der Waals surface area contributed by atoms with Crippen LogP contribution in [0.15, 0.2) is 42.5 Å². The second-order valence-corrected chi connectivity index (χ2v) is 6.86. The van der Waals surface area contributed by atoms with Crippen molar-refractivity contribution in [2.24, 2.45) is 0 Å². The summed E-state index contributed by atoms with van der Waals surface area (Å²) in [5.74, 6) is 2.64. The summed E-state index contributed by atoms with van der Waals surface area (Å²) < 4.78 is 10.7. The van der Waals surface area contributed by atoms with Crippen molar-refractivity contribution in [3.8, 4) is 36.0 Å². The molecule has 164 valence electrons. The number of nitrogens with one attached hydrogen (secondary N) is 1. The Bertz CT molecular complexity index is 1070. The van der Waals surface area contributed by atoms with E-state index in [1.54, 1.807) is 36.4 Å². The maximum Gasteiger partial charge on any atom is 0.221 e. The third-order valence-corrected chi connectivity index (χ3v) is 4.77. The van der Waals surface area contributed by atoms with Crippen LogP contribution in [0.25, 0.3) is 0 Å². The molecule has 0 aliphatic rings. The zero-order chi connectivity index (χ0) is 23.3. The van der Waals surface area contributed by atoms with Crippen LogP contribution in [0.5, 0.6) is 11.5 Å². The lowest BCUT2D eigenvalue weighted by Gasteiger charge is -2.14. The van der Waals surface area contributed by atoms with E-state index in [0.717, 1.165) is 5.56 Å². The summed E-state index contributed by atoms with van der Waals surface area (Å²) in [6, 6.07) is 15.4. The average Bonchev–Trinajstić information content (AvgIpc) is 2.83. The van der Waals surface area contributed by atoms with Gasteiger partial charge in [0.2, 0.25) is 5.91 Å². The number of ether oxygens (including phenoxy) is 2. The van der Waals surface area contributed by atoms with E-state index in [9.17, 15) is 14.9 Å². The van der Waals surface area contributed by atoms with E-state index >= 15 is 0 Å². The number of methoxy groups -OCH3 is 1. The Balaban J connectivity index is 0.00000544. The third kappa shape index (κ3) is 6.62. The van der Waals surface area contributed by atoms with Crippen LogP contribution in [-0.2, 0) is 16.0 Å². The molecule has 0 saturated carbocycles. The summed E-state index contributed by atoms with van der Waals surface area (Å²) in [5, 5.41) is 21.3. The number of hydrogen-bond acceptors (Lipinski definition) is 6. The van der Waals surface area contributed by atoms with Gasteiger partial charge in [0.15, 0.2) is 11.5 Å². The molecular formula is C25H25N3O4. The number of carbonyl (C=O) groups excluding carboxylic acids is 2. The van der Waals surface area contributed by atoms with Crippen LogP contribution in [0.4, 0.5) is 0 Å². The quantitative estimate of drug-likeness (QED) is 0.431. The van der Waals surface area contributed by atoms with Crippen molar-refractivity contribution in [1.29, 1.82) is 10.5 Å². The van der Waals surface area contributed by atoms with Gasteiger partial charge in [0, 0.05) is 14.3 Å². The van der Waals surface area contributed by atoms with Crippen LogP contribution >= 0.6 is 0 Å². The van der Waals surface area contributed by atoms with Gasteiger partial charge in [-0.15, -0.1) is 6.42 Å². The molecule has 2 aromatic rings. The highest BCUT2D eigenvalue weighted by Gasteiger charge is 2.16. The molecular weight excluding hydrogens is 406 g/mol. The Morgan fingerprint density at radius 2 is 1.88 bits per heavy atom. The molecule has 7 heteroatoms. The van der Waals surface area contributed by atoms with Crippen LogP contribution < -0.4 is 14.8 Å². The maximum atomic E-state index is 12.4. The Labute approximate surface area is 189 Å². The van der Waals surface area contributed by atoms with Crippen molar-refractivity contribution in [3.63, 3.8) is 0 Å². The highest BCUT2D eigenvalue weighted by molar-refractivity contribution is 5.77. The lowest BCUT2D eigenvalue weighted by molar-refractivity contribution is -0.121. The van der Waals surface area contributed by atoms with Crippen molar-refractivity contribution in [3.05, 3.63) is 59.2 Å². The second-order valence-electron chi connectivity index (χ2n) is 6.86. The summed E-state index contributed by atoms with van der Waals surface area (Å²) in [4.78, 5) is 23.1. The molecule has 0 saturated heterocycles. The fourth-order valence-corrected chi connectivity index (χ4v) is 3.07. The Morgan fingerprint density at radius 1 is 1.16 bits per heavy atom. The van der Waals surface area contributed by atoms with Gasteiger partial charge in [-0.2, -0.15) is 10.5 Å². The number of amides is 1. The van der Waals surface area contributed by atoms with E-state index in [-0.39, 0.29) is 26.8 Å². The van der Waals surface area contributed by atoms with E-state index in [1.807, 2.05) is 6.07 Å². The van der Waals surface area contributed by atoms with E-state index in [1.165, 1.54) is 7.11 Å². The molecule has 0 aliphatic carbocycles. The predicted molar refractivity (Wildman–Crippen MR) is 120 cm³/mol. The lowest BCUT2D eigenvalue weighted by Crippen LogP contribution is -2.27. The SMILES string of the molecule is C#CCOc1ccc(CCC(=O)NC(C#N)c2ccc(C(C#N)CC=O)cc2)cc1OC.[HH]. The van der Waals surface area contributed by atoms with Gasteiger partial charge >= 0.3 is 0 Å². The number of aryl methyl sites for hydroxylation is 1. The molecule has 2 unspecified atom stereocenters. The topological polar surface area (TPSA) is 112 Å². The van der Waals surface area contributed by atoms with Gasteiger partial charge in [0.1, 0.15) is 18.9 Å². The first kappa shape index (κ1) is 24.0.